The molecule has 0 aromatic heterocycles. The first-order valence-corrected chi connectivity index (χ1v) is 12.8. The summed E-state index contributed by atoms with van der Waals surface area (Å²) in [5, 5.41) is 10.6. The highest BCUT2D eigenvalue weighted by Crippen LogP contribution is 2.61. The van der Waals surface area contributed by atoms with Gasteiger partial charge >= 0.3 is 0 Å². The Balaban J connectivity index is 1.89. The lowest BCUT2D eigenvalue weighted by Crippen LogP contribution is -2.54. The molecule has 31 heavy (non-hydrogen) atoms. The van der Waals surface area contributed by atoms with Crippen molar-refractivity contribution in [3.8, 4) is 0 Å². The minimum atomic E-state index is -0.154. The van der Waals surface area contributed by atoms with Crippen molar-refractivity contribution in [1.82, 2.24) is 0 Å². The molecule has 0 spiro atoms. The van der Waals surface area contributed by atoms with E-state index in [9.17, 15) is 5.11 Å². The zero-order valence-electron chi connectivity index (χ0n) is 21.7. The molecule has 1 nitrogen and oxygen atoms in total. The van der Waals surface area contributed by atoms with Crippen LogP contribution in [0.3, 0.4) is 0 Å². The Bertz CT molecular complexity index is 700. The summed E-state index contributed by atoms with van der Waals surface area (Å²) < 4.78 is 0. The van der Waals surface area contributed by atoms with Gasteiger partial charge in [-0.2, -0.15) is 0 Å². The SMILES string of the molecule is C=C1CCC2C(C)(C)C(O)CCC2(C)C1CCC=C(C)CCC=C(C)CCC=C(C)C. The Labute approximate surface area is 193 Å². The molecule has 0 amide bonds. The second kappa shape index (κ2) is 11.2. The van der Waals surface area contributed by atoms with Gasteiger partial charge in [0.25, 0.3) is 0 Å². The van der Waals surface area contributed by atoms with Gasteiger partial charge in [-0.05, 0) is 115 Å². The van der Waals surface area contributed by atoms with E-state index in [0.717, 1.165) is 32.1 Å². The summed E-state index contributed by atoms with van der Waals surface area (Å²) >= 11 is 0. The predicted octanol–water partition coefficient (Wildman–Crippen LogP) is 8.96. The number of aliphatic hydroxyl groups is 1. The lowest BCUT2D eigenvalue weighted by Gasteiger charge is -2.59. The number of fused-ring (bicyclic) bond motifs is 1. The van der Waals surface area contributed by atoms with Crippen LogP contribution in [0.4, 0.5) is 0 Å². The molecule has 1 N–H and O–H groups in total. The summed E-state index contributed by atoms with van der Waals surface area (Å²) in [7, 11) is 0. The summed E-state index contributed by atoms with van der Waals surface area (Å²) in [5.74, 6) is 1.20. The summed E-state index contributed by atoms with van der Waals surface area (Å²) in [5.41, 5.74) is 6.24. The standard InChI is InChI=1S/C30H50O/c1-22(2)12-9-13-23(3)14-10-15-24(4)16-11-17-26-25(5)18-19-27-29(6,7)28(31)20-21-30(26,27)8/h12,14,16,26-28,31H,5,9-11,13,15,17-21H2,1-4,6-8H3. The summed E-state index contributed by atoms with van der Waals surface area (Å²) in [4.78, 5) is 0. The Morgan fingerprint density at radius 1 is 0.935 bits per heavy atom. The van der Waals surface area contributed by atoms with E-state index < -0.39 is 0 Å². The fourth-order valence-electron chi connectivity index (χ4n) is 6.53. The molecule has 0 heterocycles. The molecule has 2 rings (SSSR count). The fourth-order valence-corrected chi connectivity index (χ4v) is 6.53. The summed E-state index contributed by atoms with van der Waals surface area (Å²) in [6, 6.07) is 0. The van der Waals surface area contributed by atoms with Crippen molar-refractivity contribution in [2.75, 3.05) is 0 Å². The molecule has 0 aliphatic heterocycles. The number of hydrogen-bond acceptors (Lipinski definition) is 1. The number of aliphatic hydroxyl groups excluding tert-OH is 1. The number of hydrogen-bond donors (Lipinski definition) is 1. The van der Waals surface area contributed by atoms with Crippen molar-refractivity contribution in [3.63, 3.8) is 0 Å². The second-order valence-corrected chi connectivity index (χ2v) is 11.7. The molecule has 2 fully saturated rings. The van der Waals surface area contributed by atoms with Crippen LogP contribution in [0.5, 0.6) is 0 Å². The summed E-state index contributed by atoms with van der Waals surface area (Å²) in [6.07, 6.45) is 18.6. The molecule has 0 saturated heterocycles. The van der Waals surface area contributed by atoms with E-state index in [1.807, 2.05) is 0 Å². The van der Waals surface area contributed by atoms with Crippen molar-refractivity contribution in [1.29, 1.82) is 0 Å². The second-order valence-electron chi connectivity index (χ2n) is 11.7. The third-order valence-electron chi connectivity index (χ3n) is 8.62. The molecule has 0 aromatic carbocycles. The average Bonchev–Trinajstić information content (AvgIpc) is 2.67. The third-order valence-corrected chi connectivity index (χ3v) is 8.62. The van der Waals surface area contributed by atoms with Crippen LogP contribution in [0.2, 0.25) is 0 Å². The molecule has 2 aliphatic rings. The topological polar surface area (TPSA) is 20.2 Å². The zero-order chi connectivity index (χ0) is 23.2. The van der Waals surface area contributed by atoms with E-state index in [1.54, 1.807) is 0 Å². The lowest BCUT2D eigenvalue weighted by atomic mass is 9.46. The molecule has 0 bridgehead atoms. The van der Waals surface area contributed by atoms with Crippen LogP contribution in [-0.2, 0) is 0 Å². The fraction of sp³-hybridized carbons (Fsp3) is 0.733. The van der Waals surface area contributed by atoms with Gasteiger partial charge in [0.2, 0.25) is 0 Å². The van der Waals surface area contributed by atoms with Crippen molar-refractivity contribution in [2.24, 2.45) is 22.7 Å². The maximum Gasteiger partial charge on any atom is 0.0594 e. The van der Waals surface area contributed by atoms with Gasteiger partial charge in [0.05, 0.1) is 6.10 Å². The highest BCUT2D eigenvalue weighted by atomic mass is 16.3. The molecule has 2 saturated carbocycles. The highest BCUT2D eigenvalue weighted by Gasteiger charge is 2.55. The Morgan fingerprint density at radius 3 is 2.13 bits per heavy atom. The lowest BCUT2D eigenvalue weighted by molar-refractivity contribution is -0.124. The maximum absolute atomic E-state index is 10.6. The van der Waals surface area contributed by atoms with Crippen LogP contribution in [0, 0.1) is 22.7 Å². The molecule has 176 valence electrons. The molecule has 4 atom stereocenters. The van der Waals surface area contributed by atoms with E-state index in [1.165, 1.54) is 54.4 Å². The smallest absolute Gasteiger partial charge is 0.0594 e. The van der Waals surface area contributed by atoms with Crippen molar-refractivity contribution >= 4 is 0 Å². The minimum absolute atomic E-state index is 0.0213. The van der Waals surface area contributed by atoms with Crippen molar-refractivity contribution in [3.05, 3.63) is 47.1 Å². The molecule has 0 radical (unpaired) electrons. The Kier molecular flexibility index (Phi) is 9.43. The van der Waals surface area contributed by atoms with Crippen LogP contribution in [0.15, 0.2) is 47.1 Å². The van der Waals surface area contributed by atoms with Crippen LogP contribution in [-0.4, -0.2) is 11.2 Å². The quantitative estimate of drug-likeness (QED) is 0.365. The first kappa shape index (κ1) is 26.2. The molecule has 1 heteroatoms. The Hall–Kier alpha value is -1.08. The molecule has 0 aromatic rings. The van der Waals surface area contributed by atoms with E-state index in [-0.39, 0.29) is 11.5 Å². The first-order chi connectivity index (χ1) is 14.5. The zero-order valence-corrected chi connectivity index (χ0v) is 21.7. The first-order valence-electron chi connectivity index (χ1n) is 12.8. The normalized spacial score (nSPS) is 31.4. The minimum Gasteiger partial charge on any atom is -0.393 e. The predicted molar refractivity (Wildman–Crippen MR) is 137 cm³/mol. The van der Waals surface area contributed by atoms with Crippen molar-refractivity contribution in [2.45, 2.75) is 119 Å². The van der Waals surface area contributed by atoms with Gasteiger partial charge in [-0.1, -0.05) is 67.9 Å². The number of rotatable bonds is 9. The largest absolute Gasteiger partial charge is 0.393 e. The molecule has 2 aliphatic carbocycles. The van der Waals surface area contributed by atoms with Gasteiger partial charge < -0.3 is 5.11 Å². The van der Waals surface area contributed by atoms with Crippen LogP contribution >= 0.6 is 0 Å². The van der Waals surface area contributed by atoms with Crippen LogP contribution in [0.25, 0.3) is 0 Å². The maximum atomic E-state index is 10.6. The molecule has 4 unspecified atom stereocenters. The molecular formula is C30H50O. The van der Waals surface area contributed by atoms with E-state index in [4.69, 9.17) is 0 Å². The van der Waals surface area contributed by atoms with E-state index in [2.05, 4.69) is 73.3 Å². The van der Waals surface area contributed by atoms with E-state index in [0.29, 0.717) is 17.3 Å². The number of allylic oxidation sites excluding steroid dienone is 7. The van der Waals surface area contributed by atoms with Gasteiger partial charge in [-0.15, -0.1) is 0 Å². The average molecular weight is 427 g/mol. The Morgan fingerprint density at radius 2 is 1.52 bits per heavy atom. The van der Waals surface area contributed by atoms with Gasteiger partial charge in [0.15, 0.2) is 0 Å². The van der Waals surface area contributed by atoms with Gasteiger partial charge in [0, 0.05) is 0 Å². The van der Waals surface area contributed by atoms with Gasteiger partial charge in [-0.25, -0.2) is 0 Å². The highest BCUT2D eigenvalue weighted by molar-refractivity contribution is 5.17. The van der Waals surface area contributed by atoms with Crippen LogP contribution in [0.1, 0.15) is 113 Å². The summed E-state index contributed by atoms with van der Waals surface area (Å²) in [6.45, 7) is 20.5. The van der Waals surface area contributed by atoms with Gasteiger partial charge in [-0.3, -0.25) is 0 Å². The van der Waals surface area contributed by atoms with Crippen LogP contribution < -0.4 is 0 Å². The molecular weight excluding hydrogens is 376 g/mol. The third kappa shape index (κ3) is 6.70. The van der Waals surface area contributed by atoms with Crippen molar-refractivity contribution < 1.29 is 5.11 Å². The van der Waals surface area contributed by atoms with E-state index >= 15 is 0 Å². The monoisotopic (exact) mass is 426 g/mol. The van der Waals surface area contributed by atoms with Gasteiger partial charge in [0.1, 0.15) is 0 Å².